The number of carbonyl (C=O) groups excluding carboxylic acids is 2. The molecule has 1 rings (SSSR count). The number of thiophene rings is 1. The number of amides is 1. The number of aliphatic hydroxyl groups is 1. The molecule has 5 nitrogen and oxygen atoms in total. The summed E-state index contributed by atoms with van der Waals surface area (Å²) in [5.74, 6) is -0.252. The fourth-order valence-corrected chi connectivity index (χ4v) is 3.97. The monoisotopic (exact) mass is 424 g/mol. The Morgan fingerprint density at radius 2 is 1.62 bits per heavy atom. The van der Waals surface area contributed by atoms with Crippen LogP contribution in [0.5, 0.6) is 0 Å². The summed E-state index contributed by atoms with van der Waals surface area (Å²) < 4.78 is 0. The lowest BCUT2D eigenvalue weighted by Crippen LogP contribution is -2.50. The fraction of sp³-hybridized carbons (Fsp3) is 0.739. The highest BCUT2D eigenvalue weighted by molar-refractivity contribution is 7.12. The van der Waals surface area contributed by atoms with Crippen LogP contribution < -0.4 is 10.6 Å². The van der Waals surface area contributed by atoms with E-state index in [1.807, 2.05) is 5.38 Å². The predicted molar refractivity (Wildman–Crippen MR) is 122 cm³/mol. The quantitative estimate of drug-likeness (QED) is 0.222. The molecule has 1 heterocycles. The maximum Gasteiger partial charge on any atom is 0.261 e. The van der Waals surface area contributed by atoms with Crippen molar-refractivity contribution in [3.63, 3.8) is 0 Å². The minimum absolute atomic E-state index is 0.252. The van der Waals surface area contributed by atoms with E-state index in [1.54, 1.807) is 12.1 Å². The van der Waals surface area contributed by atoms with E-state index >= 15 is 0 Å². The first-order chi connectivity index (χ1) is 14.2. The Kier molecular flexibility index (Phi) is 15.7. The van der Waals surface area contributed by atoms with Gasteiger partial charge in [-0.05, 0) is 24.4 Å². The number of nitrogens with one attached hydrogen (secondary N) is 2. The third-order valence-electron chi connectivity index (χ3n) is 5.18. The SMILES string of the molecule is CCCCCCCCCCCCCCNC[C@H](NC(=O)c1cccs1)[C@@H](O)C=O. The summed E-state index contributed by atoms with van der Waals surface area (Å²) in [6.07, 6.45) is 15.0. The average molecular weight is 425 g/mol. The Labute approximate surface area is 180 Å². The van der Waals surface area contributed by atoms with E-state index in [1.165, 1.54) is 82.0 Å². The first kappa shape index (κ1) is 25.8. The van der Waals surface area contributed by atoms with Gasteiger partial charge in [-0.1, -0.05) is 83.6 Å². The molecule has 3 N–H and O–H groups in total. The summed E-state index contributed by atoms with van der Waals surface area (Å²) in [4.78, 5) is 23.6. The van der Waals surface area contributed by atoms with Gasteiger partial charge in [-0.3, -0.25) is 4.79 Å². The van der Waals surface area contributed by atoms with Crippen molar-refractivity contribution in [1.82, 2.24) is 10.6 Å². The summed E-state index contributed by atoms with van der Waals surface area (Å²) in [7, 11) is 0. The van der Waals surface area contributed by atoms with Crippen LogP contribution in [-0.4, -0.2) is 42.5 Å². The Bertz CT molecular complexity index is 522. The highest BCUT2D eigenvalue weighted by Gasteiger charge is 2.21. The summed E-state index contributed by atoms with van der Waals surface area (Å²) in [6.45, 7) is 3.47. The fourth-order valence-electron chi connectivity index (χ4n) is 3.35. The van der Waals surface area contributed by atoms with Crippen molar-refractivity contribution in [1.29, 1.82) is 0 Å². The molecule has 29 heavy (non-hydrogen) atoms. The molecule has 0 aliphatic rings. The Morgan fingerprint density at radius 1 is 1.03 bits per heavy atom. The van der Waals surface area contributed by atoms with Gasteiger partial charge in [0.1, 0.15) is 6.10 Å². The van der Waals surface area contributed by atoms with Crippen molar-refractivity contribution in [2.75, 3.05) is 13.1 Å². The molecule has 0 saturated carbocycles. The van der Waals surface area contributed by atoms with Crippen LogP contribution in [0.4, 0.5) is 0 Å². The van der Waals surface area contributed by atoms with Crippen molar-refractivity contribution < 1.29 is 14.7 Å². The van der Waals surface area contributed by atoms with Gasteiger partial charge in [0, 0.05) is 6.54 Å². The molecule has 166 valence electrons. The highest BCUT2D eigenvalue weighted by Crippen LogP contribution is 2.12. The lowest BCUT2D eigenvalue weighted by molar-refractivity contribution is -0.115. The summed E-state index contributed by atoms with van der Waals surface area (Å²) in [6, 6.07) is 2.92. The molecular weight excluding hydrogens is 384 g/mol. The molecule has 0 aliphatic heterocycles. The third kappa shape index (κ3) is 12.8. The van der Waals surface area contributed by atoms with E-state index in [9.17, 15) is 14.7 Å². The Morgan fingerprint density at radius 3 is 2.14 bits per heavy atom. The Balaban J connectivity index is 2.02. The third-order valence-corrected chi connectivity index (χ3v) is 6.05. The van der Waals surface area contributed by atoms with E-state index in [0.717, 1.165) is 13.0 Å². The van der Waals surface area contributed by atoms with Gasteiger partial charge in [0.25, 0.3) is 5.91 Å². The van der Waals surface area contributed by atoms with Gasteiger partial charge >= 0.3 is 0 Å². The molecule has 1 aromatic rings. The average Bonchev–Trinajstić information content (AvgIpc) is 3.27. The number of aldehydes is 1. The molecule has 0 fully saturated rings. The number of aliphatic hydroxyl groups excluding tert-OH is 1. The van der Waals surface area contributed by atoms with Gasteiger partial charge in [0.15, 0.2) is 6.29 Å². The summed E-state index contributed by atoms with van der Waals surface area (Å²) >= 11 is 1.34. The predicted octanol–water partition coefficient (Wildman–Crippen LogP) is 4.70. The van der Waals surface area contributed by atoms with Crippen LogP contribution in [0.25, 0.3) is 0 Å². The minimum Gasteiger partial charge on any atom is -0.383 e. The number of hydrogen-bond donors (Lipinski definition) is 3. The second-order valence-corrected chi connectivity index (χ2v) is 8.72. The van der Waals surface area contributed by atoms with Crippen LogP contribution in [0.15, 0.2) is 17.5 Å². The molecule has 0 aromatic carbocycles. The van der Waals surface area contributed by atoms with Gasteiger partial charge in [-0.2, -0.15) is 0 Å². The molecule has 1 aromatic heterocycles. The number of rotatable bonds is 19. The topological polar surface area (TPSA) is 78.4 Å². The van der Waals surface area contributed by atoms with E-state index < -0.39 is 12.1 Å². The normalized spacial score (nSPS) is 13.2. The molecule has 1 amide bonds. The lowest BCUT2D eigenvalue weighted by atomic mass is 10.1. The summed E-state index contributed by atoms with van der Waals surface area (Å²) in [5.41, 5.74) is 0. The van der Waals surface area contributed by atoms with Crippen LogP contribution in [-0.2, 0) is 4.79 Å². The van der Waals surface area contributed by atoms with E-state index in [2.05, 4.69) is 17.6 Å². The number of unbranched alkanes of at least 4 members (excludes halogenated alkanes) is 11. The highest BCUT2D eigenvalue weighted by atomic mass is 32.1. The van der Waals surface area contributed by atoms with Gasteiger partial charge in [-0.15, -0.1) is 11.3 Å². The molecule has 0 bridgehead atoms. The zero-order valence-electron chi connectivity index (χ0n) is 18.0. The molecule has 0 spiro atoms. The number of hydrogen-bond acceptors (Lipinski definition) is 5. The van der Waals surface area contributed by atoms with Crippen molar-refractivity contribution in [2.45, 2.75) is 96.1 Å². The smallest absolute Gasteiger partial charge is 0.261 e. The molecule has 0 saturated heterocycles. The van der Waals surface area contributed by atoms with Crippen molar-refractivity contribution >= 4 is 23.5 Å². The second kappa shape index (κ2) is 17.6. The van der Waals surface area contributed by atoms with Gasteiger partial charge in [-0.25, -0.2) is 0 Å². The van der Waals surface area contributed by atoms with Gasteiger partial charge in [0.05, 0.1) is 10.9 Å². The van der Waals surface area contributed by atoms with Crippen LogP contribution in [0.1, 0.15) is 93.6 Å². The molecule has 0 radical (unpaired) electrons. The largest absolute Gasteiger partial charge is 0.383 e. The van der Waals surface area contributed by atoms with Crippen LogP contribution in [0, 0.1) is 0 Å². The molecule has 0 aliphatic carbocycles. The van der Waals surface area contributed by atoms with E-state index in [4.69, 9.17) is 0 Å². The molecule has 2 atom stereocenters. The van der Waals surface area contributed by atoms with Crippen molar-refractivity contribution in [3.05, 3.63) is 22.4 Å². The van der Waals surface area contributed by atoms with Crippen molar-refractivity contribution in [2.24, 2.45) is 0 Å². The number of carbonyl (C=O) groups is 2. The standard InChI is InChI=1S/C23H40N2O3S/c1-2-3-4-5-6-7-8-9-10-11-12-13-16-24-18-20(21(27)19-26)25-23(28)22-15-14-17-29-22/h14-15,17,19-21,24,27H,2-13,16,18H2,1H3,(H,25,28)/t20-,21-/m0/s1. The maximum absolute atomic E-state index is 12.1. The van der Waals surface area contributed by atoms with Crippen LogP contribution >= 0.6 is 11.3 Å². The van der Waals surface area contributed by atoms with Gasteiger partial charge < -0.3 is 20.5 Å². The lowest BCUT2D eigenvalue weighted by Gasteiger charge is -2.21. The van der Waals surface area contributed by atoms with Gasteiger partial charge in [0.2, 0.25) is 0 Å². The second-order valence-electron chi connectivity index (χ2n) is 7.78. The molecule has 0 unspecified atom stereocenters. The van der Waals surface area contributed by atoms with Crippen molar-refractivity contribution in [3.8, 4) is 0 Å². The first-order valence-corrected chi connectivity index (χ1v) is 12.3. The zero-order valence-corrected chi connectivity index (χ0v) is 18.9. The van der Waals surface area contributed by atoms with Crippen LogP contribution in [0.3, 0.4) is 0 Å². The first-order valence-electron chi connectivity index (χ1n) is 11.4. The Hall–Kier alpha value is -1.24. The summed E-state index contributed by atoms with van der Waals surface area (Å²) in [5, 5.41) is 17.7. The minimum atomic E-state index is -1.20. The molecule has 6 heteroatoms. The zero-order chi connectivity index (χ0) is 21.2. The van der Waals surface area contributed by atoms with E-state index in [-0.39, 0.29) is 5.91 Å². The van der Waals surface area contributed by atoms with Crippen LogP contribution in [0.2, 0.25) is 0 Å². The maximum atomic E-state index is 12.1. The molecular formula is C23H40N2O3S. The van der Waals surface area contributed by atoms with E-state index in [0.29, 0.717) is 17.7 Å².